The summed E-state index contributed by atoms with van der Waals surface area (Å²) in [4.78, 5) is 11.6. The van der Waals surface area contributed by atoms with E-state index in [1.54, 1.807) is 0 Å². The minimum Gasteiger partial charge on any atom is -0.324 e. The van der Waals surface area contributed by atoms with Crippen LogP contribution in [0.5, 0.6) is 0 Å². The van der Waals surface area contributed by atoms with Gasteiger partial charge in [0.25, 0.3) is 0 Å². The number of nitrogens with one attached hydrogen (secondary N) is 2. The van der Waals surface area contributed by atoms with Crippen molar-refractivity contribution in [2.75, 3.05) is 18.1 Å². The quantitative estimate of drug-likeness (QED) is 0.860. The van der Waals surface area contributed by atoms with Gasteiger partial charge >= 0.3 is 0 Å². The van der Waals surface area contributed by atoms with Crippen molar-refractivity contribution >= 4 is 21.6 Å². The molecular formula is C12H18N2O3S. The minimum atomic E-state index is -3.35. The molecule has 1 amide bonds. The number of sulfonamides is 1. The van der Waals surface area contributed by atoms with Crippen LogP contribution in [0.15, 0.2) is 12.1 Å². The number of hydrogen-bond donors (Lipinski definition) is 2. The molecule has 0 aromatic heterocycles. The zero-order chi connectivity index (χ0) is 13.9. The first-order chi connectivity index (χ1) is 8.19. The molecule has 0 saturated heterocycles. The van der Waals surface area contributed by atoms with Gasteiger partial charge in [0, 0.05) is 5.69 Å². The average molecular weight is 270 g/mol. The van der Waals surface area contributed by atoms with Crippen LogP contribution in [0.1, 0.15) is 16.7 Å². The number of rotatable bonds is 4. The Morgan fingerprint density at radius 2 is 1.67 bits per heavy atom. The van der Waals surface area contributed by atoms with Gasteiger partial charge in [0.2, 0.25) is 15.9 Å². The summed E-state index contributed by atoms with van der Waals surface area (Å²) < 4.78 is 23.9. The largest absolute Gasteiger partial charge is 0.324 e. The Hall–Kier alpha value is -1.40. The normalized spacial score (nSPS) is 11.3. The monoisotopic (exact) mass is 270 g/mol. The van der Waals surface area contributed by atoms with Gasteiger partial charge < -0.3 is 5.32 Å². The van der Waals surface area contributed by atoms with Crippen molar-refractivity contribution < 1.29 is 13.2 Å². The fraction of sp³-hybridized carbons (Fsp3) is 0.417. The van der Waals surface area contributed by atoms with Gasteiger partial charge in [0.1, 0.15) is 0 Å². The molecule has 5 nitrogen and oxygen atoms in total. The lowest BCUT2D eigenvalue weighted by Crippen LogP contribution is -2.32. The summed E-state index contributed by atoms with van der Waals surface area (Å²) in [6.07, 6.45) is 1.02. The molecule has 1 aromatic rings. The first-order valence-electron chi connectivity index (χ1n) is 5.51. The van der Waals surface area contributed by atoms with Crippen LogP contribution >= 0.6 is 0 Å². The highest BCUT2D eigenvalue weighted by Gasteiger charge is 2.10. The Bertz CT molecular complexity index is 542. The lowest BCUT2D eigenvalue weighted by atomic mass is 10.1. The molecule has 0 fully saturated rings. The fourth-order valence-electron chi connectivity index (χ4n) is 1.76. The van der Waals surface area contributed by atoms with Crippen molar-refractivity contribution in [1.82, 2.24) is 4.72 Å². The van der Waals surface area contributed by atoms with Crippen LogP contribution < -0.4 is 10.0 Å². The predicted octanol–water partition coefficient (Wildman–Crippen LogP) is 1.10. The second kappa shape index (κ2) is 5.49. The zero-order valence-electron chi connectivity index (χ0n) is 11.0. The van der Waals surface area contributed by atoms with E-state index in [9.17, 15) is 13.2 Å². The van der Waals surface area contributed by atoms with Gasteiger partial charge in [-0.2, -0.15) is 0 Å². The van der Waals surface area contributed by atoms with E-state index in [0.29, 0.717) is 0 Å². The van der Waals surface area contributed by atoms with E-state index < -0.39 is 10.0 Å². The van der Waals surface area contributed by atoms with E-state index in [2.05, 4.69) is 10.0 Å². The van der Waals surface area contributed by atoms with Gasteiger partial charge in [-0.1, -0.05) is 17.7 Å². The summed E-state index contributed by atoms with van der Waals surface area (Å²) in [5, 5.41) is 2.71. The zero-order valence-corrected chi connectivity index (χ0v) is 11.8. The van der Waals surface area contributed by atoms with Crippen molar-refractivity contribution in [2.45, 2.75) is 20.8 Å². The summed E-state index contributed by atoms with van der Waals surface area (Å²) >= 11 is 0. The third kappa shape index (κ3) is 4.46. The Kier molecular flexibility index (Phi) is 4.48. The summed E-state index contributed by atoms with van der Waals surface area (Å²) in [7, 11) is -3.35. The van der Waals surface area contributed by atoms with E-state index in [1.165, 1.54) is 0 Å². The molecule has 0 aliphatic rings. The molecule has 1 rings (SSSR count). The number of aryl methyl sites for hydroxylation is 3. The topological polar surface area (TPSA) is 75.3 Å². The van der Waals surface area contributed by atoms with Crippen molar-refractivity contribution in [1.29, 1.82) is 0 Å². The molecule has 100 valence electrons. The number of amides is 1. The van der Waals surface area contributed by atoms with Crippen LogP contribution in [0.4, 0.5) is 5.69 Å². The van der Waals surface area contributed by atoms with Crippen LogP contribution in [0.2, 0.25) is 0 Å². The molecular weight excluding hydrogens is 252 g/mol. The molecule has 0 bridgehead atoms. The maximum Gasteiger partial charge on any atom is 0.239 e. The number of anilines is 1. The van der Waals surface area contributed by atoms with Gasteiger partial charge in [0.05, 0.1) is 12.8 Å². The SMILES string of the molecule is Cc1cc(C)c(NC(=O)CNS(C)(=O)=O)c(C)c1. The molecule has 6 heteroatoms. The van der Waals surface area contributed by atoms with Crippen LogP contribution in [0.3, 0.4) is 0 Å². The van der Waals surface area contributed by atoms with E-state index in [1.807, 2.05) is 32.9 Å². The van der Waals surface area contributed by atoms with Crippen LogP contribution in [0.25, 0.3) is 0 Å². The van der Waals surface area contributed by atoms with Crippen molar-refractivity contribution in [3.63, 3.8) is 0 Å². The Labute approximate surface area is 108 Å². The highest BCUT2D eigenvalue weighted by molar-refractivity contribution is 7.88. The Morgan fingerprint density at radius 1 is 1.17 bits per heavy atom. The van der Waals surface area contributed by atoms with Crippen molar-refractivity contribution in [2.24, 2.45) is 0 Å². The maximum atomic E-state index is 11.6. The van der Waals surface area contributed by atoms with E-state index >= 15 is 0 Å². The third-order valence-corrected chi connectivity index (χ3v) is 3.11. The smallest absolute Gasteiger partial charge is 0.239 e. The van der Waals surface area contributed by atoms with Crippen LogP contribution in [-0.4, -0.2) is 27.1 Å². The lowest BCUT2D eigenvalue weighted by Gasteiger charge is -2.12. The molecule has 0 aliphatic heterocycles. The average Bonchev–Trinajstić information content (AvgIpc) is 2.19. The second-order valence-corrected chi connectivity index (χ2v) is 6.25. The van der Waals surface area contributed by atoms with E-state index in [0.717, 1.165) is 28.6 Å². The molecule has 0 atom stereocenters. The van der Waals surface area contributed by atoms with Crippen LogP contribution in [-0.2, 0) is 14.8 Å². The lowest BCUT2D eigenvalue weighted by molar-refractivity contribution is -0.115. The van der Waals surface area contributed by atoms with Crippen LogP contribution in [0, 0.1) is 20.8 Å². The molecule has 18 heavy (non-hydrogen) atoms. The molecule has 0 saturated carbocycles. The van der Waals surface area contributed by atoms with Gasteiger partial charge in [-0.05, 0) is 31.9 Å². The predicted molar refractivity (Wildman–Crippen MR) is 72.1 cm³/mol. The molecule has 0 heterocycles. The molecule has 0 radical (unpaired) electrons. The summed E-state index contributed by atoms with van der Waals surface area (Å²) in [6.45, 7) is 5.53. The van der Waals surface area contributed by atoms with Gasteiger partial charge in [-0.25, -0.2) is 13.1 Å². The number of carbonyl (C=O) groups is 1. The third-order valence-electron chi connectivity index (χ3n) is 2.44. The van der Waals surface area contributed by atoms with Crippen molar-refractivity contribution in [3.8, 4) is 0 Å². The minimum absolute atomic E-state index is 0.258. The number of carbonyl (C=O) groups excluding carboxylic acids is 1. The Balaban J connectivity index is 2.77. The standard InChI is InChI=1S/C12H18N2O3S/c1-8-5-9(2)12(10(3)6-8)14-11(15)7-13-18(4,16)17/h5-6,13H,7H2,1-4H3,(H,14,15). The molecule has 1 aromatic carbocycles. The number of hydrogen-bond acceptors (Lipinski definition) is 3. The highest BCUT2D eigenvalue weighted by atomic mass is 32.2. The highest BCUT2D eigenvalue weighted by Crippen LogP contribution is 2.21. The molecule has 0 unspecified atom stereocenters. The van der Waals surface area contributed by atoms with Gasteiger partial charge in [-0.3, -0.25) is 4.79 Å². The molecule has 0 spiro atoms. The molecule has 2 N–H and O–H groups in total. The Morgan fingerprint density at radius 3 is 2.11 bits per heavy atom. The fourth-order valence-corrected chi connectivity index (χ4v) is 2.15. The molecule has 0 aliphatic carbocycles. The van der Waals surface area contributed by atoms with Gasteiger partial charge in [-0.15, -0.1) is 0 Å². The van der Waals surface area contributed by atoms with E-state index in [4.69, 9.17) is 0 Å². The summed E-state index contributed by atoms with van der Waals surface area (Å²) in [6, 6.07) is 3.93. The van der Waals surface area contributed by atoms with E-state index in [-0.39, 0.29) is 12.5 Å². The van der Waals surface area contributed by atoms with Gasteiger partial charge in [0.15, 0.2) is 0 Å². The first-order valence-corrected chi connectivity index (χ1v) is 7.40. The summed E-state index contributed by atoms with van der Waals surface area (Å²) in [5.41, 5.74) is 3.78. The first kappa shape index (κ1) is 14.7. The maximum absolute atomic E-state index is 11.6. The van der Waals surface area contributed by atoms with Crippen molar-refractivity contribution in [3.05, 3.63) is 28.8 Å². The number of benzene rings is 1. The summed E-state index contributed by atoms with van der Waals surface area (Å²) in [5.74, 6) is -0.379. The second-order valence-electron chi connectivity index (χ2n) is 4.42.